The molecule has 0 radical (unpaired) electrons. The third kappa shape index (κ3) is 4.68. The minimum atomic E-state index is -3.65. The van der Waals surface area contributed by atoms with Crippen molar-refractivity contribution in [2.24, 2.45) is 0 Å². The fourth-order valence-corrected chi connectivity index (χ4v) is 4.75. The molecule has 0 amide bonds. The van der Waals surface area contributed by atoms with E-state index in [1.807, 2.05) is 24.3 Å². The number of halogens is 1. The van der Waals surface area contributed by atoms with Crippen molar-refractivity contribution in [1.29, 1.82) is 0 Å². The standard InChI is InChI=1S/C19H21ClN2O4S/c1-26-19(23)16-5-3-7-18(13-16)27(24,25)22-10-8-21(9-11-22)14-15-4-2-6-17(20)12-15/h2-7,12-13H,8-11,14H2,1H3. The topological polar surface area (TPSA) is 66.9 Å². The average Bonchev–Trinajstić information content (AvgIpc) is 2.68. The molecule has 6 nitrogen and oxygen atoms in total. The van der Waals surface area contributed by atoms with Gasteiger partial charge in [0.2, 0.25) is 10.0 Å². The number of rotatable bonds is 5. The average molecular weight is 409 g/mol. The molecular formula is C19H21ClN2O4S. The van der Waals surface area contributed by atoms with E-state index in [4.69, 9.17) is 11.6 Å². The molecule has 27 heavy (non-hydrogen) atoms. The predicted octanol–water partition coefficient (Wildman–Crippen LogP) is 2.63. The summed E-state index contributed by atoms with van der Waals surface area (Å²) in [5.41, 5.74) is 1.32. The number of nitrogens with zero attached hydrogens (tertiary/aromatic N) is 2. The van der Waals surface area contributed by atoms with E-state index >= 15 is 0 Å². The molecule has 144 valence electrons. The van der Waals surface area contributed by atoms with E-state index in [1.165, 1.54) is 29.6 Å². The fourth-order valence-electron chi connectivity index (χ4n) is 3.07. The number of carbonyl (C=O) groups is 1. The highest BCUT2D eigenvalue weighted by Gasteiger charge is 2.29. The van der Waals surface area contributed by atoms with Crippen LogP contribution in [0.2, 0.25) is 5.02 Å². The second-order valence-corrected chi connectivity index (χ2v) is 8.70. The molecule has 0 aromatic heterocycles. The van der Waals surface area contributed by atoms with Crippen molar-refractivity contribution in [3.05, 3.63) is 64.7 Å². The summed E-state index contributed by atoms with van der Waals surface area (Å²) in [7, 11) is -2.38. The molecule has 0 spiro atoms. The summed E-state index contributed by atoms with van der Waals surface area (Å²) in [5, 5.41) is 0.694. The monoisotopic (exact) mass is 408 g/mol. The summed E-state index contributed by atoms with van der Waals surface area (Å²) in [6.45, 7) is 2.77. The van der Waals surface area contributed by atoms with Gasteiger partial charge in [-0.25, -0.2) is 13.2 Å². The molecular weight excluding hydrogens is 388 g/mol. The van der Waals surface area contributed by atoms with Gasteiger partial charge in [0.25, 0.3) is 0 Å². The first kappa shape index (κ1) is 19.8. The van der Waals surface area contributed by atoms with Crippen molar-refractivity contribution in [3.8, 4) is 0 Å². The Hall–Kier alpha value is -1.93. The van der Waals surface area contributed by atoms with Crippen LogP contribution in [0.4, 0.5) is 0 Å². The maximum Gasteiger partial charge on any atom is 0.337 e. The minimum Gasteiger partial charge on any atom is -0.465 e. The molecule has 0 N–H and O–H groups in total. The van der Waals surface area contributed by atoms with Crippen molar-refractivity contribution in [1.82, 2.24) is 9.21 Å². The van der Waals surface area contributed by atoms with E-state index < -0.39 is 16.0 Å². The Kier molecular flexibility index (Phi) is 6.16. The van der Waals surface area contributed by atoms with E-state index in [1.54, 1.807) is 6.07 Å². The first-order chi connectivity index (χ1) is 12.9. The molecule has 8 heteroatoms. The molecule has 1 aliphatic heterocycles. The lowest BCUT2D eigenvalue weighted by atomic mass is 10.2. The minimum absolute atomic E-state index is 0.105. The Balaban J connectivity index is 1.67. The fraction of sp³-hybridized carbons (Fsp3) is 0.316. The van der Waals surface area contributed by atoms with E-state index in [2.05, 4.69) is 9.64 Å². The second kappa shape index (κ2) is 8.39. The van der Waals surface area contributed by atoms with Crippen molar-refractivity contribution in [2.75, 3.05) is 33.3 Å². The number of hydrogen-bond donors (Lipinski definition) is 0. The largest absolute Gasteiger partial charge is 0.465 e. The molecule has 0 atom stereocenters. The molecule has 1 fully saturated rings. The van der Waals surface area contributed by atoms with Gasteiger partial charge in [0, 0.05) is 37.7 Å². The Morgan fingerprint density at radius 1 is 1.07 bits per heavy atom. The second-order valence-electron chi connectivity index (χ2n) is 6.33. The zero-order valence-corrected chi connectivity index (χ0v) is 16.5. The number of sulfonamides is 1. The first-order valence-electron chi connectivity index (χ1n) is 8.55. The van der Waals surface area contributed by atoms with Gasteiger partial charge in [0.1, 0.15) is 0 Å². The van der Waals surface area contributed by atoms with Crippen LogP contribution in [0.1, 0.15) is 15.9 Å². The quantitative estimate of drug-likeness (QED) is 0.711. The number of esters is 1. The van der Waals surface area contributed by atoms with Gasteiger partial charge in [0.05, 0.1) is 17.6 Å². The summed E-state index contributed by atoms with van der Waals surface area (Å²) in [6, 6.07) is 13.6. The van der Waals surface area contributed by atoms with E-state index in [9.17, 15) is 13.2 Å². The highest BCUT2D eigenvalue weighted by atomic mass is 35.5. The van der Waals surface area contributed by atoms with Crippen LogP contribution in [0.3, 0.4) is 0 Å². The van der Waals surface area contributed by atoms with Crippen molar-refractivity contribution >= 4 is 27.6 Å². The van der Waals surface area contributed by atoms with Crippen LogP contribution in [-0.2, 0) is 21.3 Å². The lowest BCUT2D eigenvalue weighted by molar-refractivity contribution is 0.0600. The Morgan fingerprint density at radius 2 is 1.78 bits per heavy atom. The number of hydrogen-bond acceptors (Lipinski definition) is 5. The maximum atomic E-state index is 12.9. The lowest BCUT2D eigenvalue weighted by Gasteiger charge is -2.34. The highest BCUT2D eigenvalue weighted by molar-refractivity contribution is 7.89. The van der Waals surface area contributed by atoms with Crippen LogP contribution in [0.25, 0.3) is 0 Å². The van der Waals surface area contributed by atoms with Crippen LogP contribution < -0.4 is 0 Å². The van der Waals surface area contributed by atoms with Crippen LogP contribution in [-0.4, -0.2) is 56.9 Å². The van der Waals surface area contributed by atoms with Crippen molar-refractivity contribution < 1.29 is 17.9 Å². The predicted molar refractivity (Wildman–Crippen MR) is 103 cm³/mol. The molecule has 0 unspecified atom stereocenters. The van der Waals surface area contributed by atoms with Crippen molar-refractivity contribution in [3.63, 3.8) is 0 Å². The van der Waals surface area contributed by atoms with Gasteiger partial charge >= 0.3 is 5.97 Å². The summed E-state index contributed by atoms with van der Waals surface area (Å²) in [4.78, 5) is 14.0. The molecule has 1 saturated heterocycles. The van der Waals surface area contributed by atoms with Crippen molar-refractivity contribution in [2.45, 2.75) is 11.4 Å². The number of ether oxygens (including phenoxy) is 1. The van der Waals surface area contributed by atoms with E-state index in [-0.39, 0.29) is 10.5 Å². The number of methoxy groups -OCH3 is 1. The number of carbonyl (C=O) groups excluding carboxylic acids is 1. The molecule has 0 bridgehead atoms. The SMILES string of the molecule is COC(=O)c1cccc(S(=O)(=O)N2CCN(Cc3cccc(Cl)c3)CC2)c1. The summed E-state index contributed by atoms with van der Waals surface area (Å²) >= 11 is 6.02. The van der Waals surface area contributed by atoms with Gasteiger partial charge < -0.3 is 4.74 Å². The van der Waals surface area contributed by atoms with Crippen LogP contribution in [0.5, 0.6) is 0 Å². The zero-order valence-electron chi connectivity index (χ0n) is 15.0. The third-order valence-electron chi connectivity index (χ3n) is 4.52. The van der Waals surface area contributed by atoms with Crippen LogP contribution in [0.15, 0.2) is 53.4 Å². The van der Waals surface area contributed by atoms with Crippen LogP contribution in [0, 0.1) is 0 Å². The molecule has 0 aliphatic carbocycles. The molecule has 3 rings (SSSR count). The van der Waals surface area contributed by atoms with Gasteiger partial charge in [-0.3, -0.25) is 4.90 Å². The molecule has 2 aromatic rings. The van der Waals surface area contributed by atoms with Gasteiger partial charge in [-0.1, -0.05) is 29.8 Å². The van der Waals surface area contributed by atoms with E-state index in [0.29, 0.717) is 31.2 Å². The Bertz CT molecular complexity index is 925. The summed E-state index contributed by atoms with van der Waals surface area (Å²) in [6.07, 6.45) is 0. The zero-order chi connectivity index (χ0) is 19.4. The first-order valence-corrected chi connectivity index (χ1v) is 10.4. The van der Waals surface area contributed by atoms with E-state index in [0.717, 1.165) is 12.1 Å². The summed E-state index contributed by atoms with van der Waals surface area (Å²) < 4.78 is 31.9. The van der Waals surface area contributed by atoms with Gasteiger partial charge in [0.15, 0.2) is 0 Å². The Labute approximate surface area is 164 Å². The molecule has 2 aromatic carbocycles. The number of benzene rings is 2. The normalized spacial score (nSPS) is 16.2. The Morgan fingerprint density at radius 3 is 2.44 bits per heavy atom. The number of piperazine rings is 1. The maximum absolute atomic E-state index is 12.9. The van der Waals surface area contributed by atoms with Gasteiger partial charge in [-0.05, 0) is 35.9 Å². The summed E-state index contributed by atoms with van der Waals surface area (Å²) in [5.74, 6) is -0.557. The smallest absolute Gasteiger partial charge is 0.337 e. The van der Waals surface area contributed by atoms with Crippen LogP contribution >= 0.6 is 11.6 Å². The molecule has 1 aliphatic rings. The van der Waals surface area contributed by atoms with Gasteiger partial charge in [-0.15, -0.1) is 0 Å². The molecule has 1 heterocycles. The lowest BCUT2D eigenvalue weighted by Crippen LogP contribution is -2.48. The third-order valence-corrected chi connectivity index (χ3v) is 6.65. The van der Waals surface area contributed by atoms with Gasteiger partial charge in [-0.2, -0.15) is 4.31 Å². The highest BCUT2D eigenvalue weighted by Crippen LogP contribution is 2.20. The molecule has 0 saturated carbocycles.